The highest BCUT2D eigenvalue weighted by atomic mass is 16.2. The maximum absolute atomic E-state index is 12.2. The van der Waals surface area contributed by atoms with E-state index in [1.165, 1.54) is 6.42 Å². The van der Waals surface area contributed by atoms with E-state index in [4.69, 9.17) is 5.73 Å². The van der Waals surface area contributed by atoms with Crippen molar-refractivity contribution in [2.24, 2.45) is 11.7 Å². The quantitative estimate of drug-likeness (QED) is 0.695. The van der Waals surface area contributed by atoms with Crippen molar-refractivity contribution in [1.29, 1.82) is 0 Å². The minimum atomic E-state index is 0.206. The fourth-order valence-electron chi connectivity index (χ4n) is 2.59. The molecular weight excluding hydrogens is 188 g/mol. The third kappa shape index (κ3) is 2.23. The van der Waals surface area contributed by atoms with Gasteiger partial charge in [-0.15, -0.1) is 0 Å². The number of rotatable bonds is 2. The van der Waals surface area contributed by atoms with Gasteiger partial charge in [0, 0.05) is 25.0 Å². The molecule has 3 heteroatoms. The molecule has 0 spiro atoms. The number of allylic oxidation sites excluding steroid dienone is 2. The minimum Gasteiger partial charge on any atom is -0.338 e. The zero-order valence-electron chi connectivity index (χ0n) is 9.19. The Morgan fingerprint density at radius 3 is 2.73 bits per heavy atom. The van der Waals surface area contributed by atoms with Gasteiger partial charge in [0.1, 0.15) is 0 Å². The van der Waals surface area contributed by atoms with E-state index >= 15 is 0 Å². The van der Waals surface area contributed by atoms with Crippen molar-refractivity contribution in [2.45, 2.75) is 38.1 Å². The SMILES string of the molecule is NCC1CCCCN1C(=O)C1CC=CC1. The van der Waals surface area contributed by atoms with Gasteiger partial charge in [0.2, 0.25) is 5.91 Å². The van der Waals surface area contributed by atoms with E-state index in [-0.39, 0.29) is 5.92 Å². The third-order valence-electron chi connectivity index (χ3n) is 3.54. The Bertz CT molecular complexity index is 254. The zero-order chi connectivity index (χ0) is 10.7. The molecule has 2 rings (SSSR count). The Labute approximate surface area is 91.3 Å². The van der Waals surface area contributed by atoms with Gasteiger partial charge in [0.15, 0.2) is 0 Å². The molecule has 1 atom stereocenters. The number of piperidine rings is 1. The van der Waals surface area contributed by atoms with Crippen molar-refractivity contribution in [2.75, 3.05) is 13.1 Å². The Hall–Kier alpha value is -0.830. The molecule has 1 heterocycles. The summed E-state index contributed by atoms with van der Waals surface area (Å²) in [5.74, 6) is 0.535. The predicted octanol–water partition coefficient (Wildman–Crippen LogP) is 1.29. The van der Waals surface area contributed by atoms with E-state index in [1.54, 1.807) is 0 Å². The molecule has 3 nitrogen and oxygen atoms in total. The van der Waals surface area contributed by atoms with E-state index in [1.807, 2.05) is 4.90 Å². The molecule has 1 aliphatic carbocycles. The first kappa shape index (κ1) is 10.7. The summed E-state index contributed by atoms with van der Waals surface area (Å²) in [5.41, 5.74) is 5.72. The van der Waals surface area contributed by atoms with Crippen LogP contribution in [-0.4, -0.2) is 29.9 Å². The van der Waals surface area contributed by atoms with Gasteiger partial charge in [-0.25, -0.2) is 0 Å². The van der Waals surface area contributed by atoms with Crippen LogP contribution in [0, 0.1) is 5.92 Å². The molecule has 1 amide bonds. The number of carbonyl (C=O) groups excluding carboxylic acids is 1. The number of hydrogen-bond donors (Lipinski definition) is 1. The number of likely N-dealkylation sites (tertiary alicyclic amines) is 1. The molecule has 1 fully saturated rings. The average Bonchev–Trinajstić information content (AvgIpc) is 2.81. The highest BCUT2D eigenvalue weighted by Crippen LogP contribution is 2.24. The summed E-state index contributed by atoms with van der Waals surface area (Å²) in [5, 5.41) is 0. The lowest BCUT2D eigenvalue weighted by atomic mass is 9.98. The highest BCUT2D eigenvalue weighted by Gasteiger charge is 2.30. The van der Waals surface area contributed by atoms with Gasteiger partial charge in [-0.1, -0.05) is 12.2 Å². The largest absolute Gasteiger partial charge is 0.338 e. The Morgan fingerprint density at radius 1 is 1.33 bits per heavy atom. The van der Waals surface area contributed by atoms with Crippen LogP contribution in [0.4, 0.5) is 0 Å². The van der Waals surface area contributed by atoms with Crippen LogP contribution in [0.25, 0.3) is 0 Å². The lowest BCUT2D eigenvalue weighted by Gasteiger charge is -2.36. The van der Waals surface area contributed by atoms with Crippen LogP contribution in [-0.2, 0) is 4.79 Å². The summed E-state index contributed by atoms with van der Waals surface area (Å²) in [6.45, 7) is 1.53. The lowest BCUT2D eigenvalue weighted by molar-refractivity contribution is -0.138. The maximum atomic E-state index is 12.2. The molecule has 1 saturated heterocycles. The van der Waals surface area contributed by atoms with Gasteiger partial charge in [-0.05, 0) is 32.1 Å². The van der Waals surface area contributed by atoms with E-state index < -0.39 is 0 Å². The Balaban J connectivity index is 1.97. The molecule has 2 N–H and O–H groups in total. The van der Waals surface area contributed by atoms with Crippen LogP contribution >= 0.6 is 0 Å². The molecule has 15 heavy (non-hydrogen) atoms. The number of nitrogens with two attached hydrogens (primary N) is 1. The van der Waals surface area contributed by atoms with E-state index in [2.05, 4.69) is 12.2 Å². The second-order valence-corrected chi connectivity index (χ2v) is 4.56. The average molecular weight is 208 g/mol. The molecule has 0 aromatic rings. The van der Waals surface area contributed by atoms with Crippen LogP contribution in [0.1, 0.15) is 32.1 Å². The number of nitrogens with zero attached hydrogens (tertiary/aromatic N) is 1. The molecule has 0 aromatic heterocycles. The number of amides is 1. The van der Waals surface area contributed by atoms with Crippen LogP contribution in [0.3, 0.4) is 0 Å². The van der Waals surface area contributed by atoms with E-state index in [9.17, 15) is 4.79 Å². The third-order valence-corrected chi connectivity index (χ3v) is 3.54. The molecule has 0 bridgehead atoms. The van der Waals surface area contributed by atoms with Gasteiger partial charge in [0.05, 0.1) is 0 Å². The van der Waals surface area contributed by atoms with E-state index in [0.717, 1.165) is 32.2 Å². The monoisotopic (exact) mass is 208 g/mol. The molecular formula is C12H20N2O. The first-order chi connectivity index (χ1) is 7.33. The van der Waals surface area contributed by atoms with Crippen molar-refractivity contribution in [3.8, 4) is 0 Å². The van der Waals surface area contributed by atoms with Crippen LogP contribution in [0.15, 0.2) is 12.2 Å². The molecule has 0 saturated carbocycles. The molecule has 1 aliphatic heterocycles. The Morgan fingerprint density at radius 2 is 2.07 bits per heavy atom. The number of carbonyl (C=O) groups is 1. The summed E-state index contributed by atoms with van der Waals surface area (Å²) < 4.78 is 0. The molecule has 2 aliphatic rings. The second-order valence-electron chi connectivity index (χ2n) is 4.56. The molecule has 1 unspecified atom stereocenters. The van der Waals surface area contributed by atoms with Crippen molar-refractivity contribution in [1.82, 2.24) is 4.90 Å². The lowest BCUT2D eigenvalue weighted by Crippen LogP contribution is -2.49. The van der Waals surface area contributed by atoms with Gasteiger partial charge in [0.25, 0.3) is 0 Å². The standard InChI is InChI=1S/C12H20N2O/c13-9-11-7-3-4-8-14(11)12(15)10-5-1-2-6-10/h1-2,10-11H,3-9,13H2. The fourth-order valence-corrected chi connectivity index (χ4v) is 2.59. The maximum Gasteiger partial charge on any atom is 0.226 e. The molecule has 0 aromatic carbocycles. The van der Waals surface area contributed by atoms with Crippen LogP contribution in [0.5, 0.6) is 0 Å². The first-order valence-electron chi connectivity index (χ1n) is 5.98. The van der Waals surface area contributed by atoms with Gasteiger partial charge < -0.3 is 10.6 Å². The predicted molar refractivity (Wildman–Crippen MR) is 60.3 cm³/mol. The van der Waals surface area contributed by atoms with Crippen LogP contribution < -0.4 is 5.73 Å². The first-order valence-corrected chi connectivity index (χ1v) is 5.98. The molecule has 84 valence electrons. The van der Waals surface area contributed by atoms with Crippen molar-refractivity contribution in [3.63, 3.8) is 0 Å². The minimum absolute atomic E-state index is 0.206. The van der Waals surface area contributed by atoms with Crippen LogP contribution in [0.2, 0.25) is 0 Å². The van der Waals surface area contributed by atoms with Gasteiger partial charge >= 0.3 is 0 Å². The fraction of sp³-hybridized carbons (Fsp3) is 0.750. The molecule has 0 radical (unpaired) electrons. The number of hydrogen-bond acceptors (Lipinski definition) is 2. The topological polar surface area (TPSA) is 46.3 Å². The van der Waals surface area contributed by atoms with Crippen molar-refractivity contribution >= 4 is 5.91 Å². The van der Waals surface area contributed by atoms with E-state index in [0.29, 0.717) is 18.5 Å². The van der Waals surface area contributed by atoms with Crippen molar-refractivity contribution < 1.29 is 4.79 Å². The highest BCUT2D eigenvalue weighted by molar-refractivity contribution is 5.80. The summed E-state index contributed by atoms with van der Waals surface area (Å²) in [6, 6.07) is 0.298. The summed E-state index contributed by atoms with van der Waals surface area (Å²) in [4.78, 5) is 14.2. The summed E-state index contributed by atoms with van der Waals surface area (Å²) in [6.07, 6.45) is 9.52. The summed E-state index contributed by atoms with van der Waals surface area (Å²) in [7, 11) is 0. The summed E-state index contributed by atoms with van der Waals surface area (Å²) >= 11 is 0. The van der Waals surface area contributed by atoms with Gasteiger partial charge in [-0.3, -0.25) is 4.79 Å². The van der Waals surface area contributed by atoms with Gasteiger partial charge in [-0.2, -0.15) is 0 Å². The van der Waals surface area contributed by atoms with Crippen molar-refractivity contribution in [3.05, 3.63) is 12.2 Å². The second kappa shape index (κ2) is 4.79. The zero-order valence-corrected chi connectivity index (χ0v) is 9.19. The normalized spacial score (nSPS) is 27.3. The Kier molecular flexibility index (Phi) is 3.41. The smallest absolute Gasteiger partial charge is 0.226 e.